The van der Waals surface area contributed by atoms with E-state index in [2.05, 4.69) is 10.3 Å². The van der Waals surface area contributed by atoms with E-state index < -0.39 is 17.4 Å². The number of aromatic nitrogens is 1. The van der Waals surface area contributed by atoms with E-state index in [9.17, 15) is 14.7 Å². The van der Waals surface area contributed by atoms with Crippen molar-refractivity contribution in [2.24, 2.45) is 0 Å². The van der Waals surface area contributed by atoms with Crippen LogP contribution in [0.5, 0.6) is 5.88 Å². The van der Waals surface area contributed by atoms with E-state index in [1.54, 1.807) is 6.07 Å². The van der Waals surface area contributed by atoms with E-state index in [0.29, 0.717) is 11.4 Å². The van der Waals surface area contributed by atoms with Gasteiger partial charge in [0.2, 0.25) is 5.88 Å². The second kappa shape index (κ2) is 7.63. The predicted octanol–water partition coefficient (Wildman–Crippen LogP) is 3.42. The summed E-state index contributed by atoms with van der Waals surface area (Å²) in [5, 5.41) is 12.7. The van der Waals surface area contributed by atoms with E-state index in [1.807, 2.05) is 55.5 Å². The number of aryl methyl sites for hydroxylation is 1. The lowest BCUT2D eigenvalue weighted by molar-refractivity contribution is -0.144. The van der Waals surface area contributed by atoms with Crippen LogP contribution in [0.4, 0.5) is 0 Å². The topological polar surface area (TPSA) is 88.5 Å². The maximum Gasteiger partial charge on any atom is 0.330 e. The van der Waals surface area contributed by atoms with Crippen molar-refractivity contribution in [3.63, 3.8) is 0 Å². The minimum atomic E-state index is -1.37. The van der Waals surface area contributed by atoms with E-state index >= 15 is 0 Å². The van der Waals surface area contributed by atoms with Crippen molar-refractivity contribution < 1.29 is 19.4 Å². The lowest BCUT2D eigenvalue weighted by Crippen LogP contribution is -2.55. The summed E-state index contributed by atoms with van der Waals surface area (Å²) >= 11 is 0. The molecule has 0 fully saturated rings. The third-order valence-corrected chi connectivity index (χ3v) is 5.50. The highest BCUT2D eigenvalue weighted by Gasteiger charge is 2.45. The molecule has 0 atom stereocenters. The molecule has 2 N–H and O–H groups in total. The first-order chi connectivity index (χ1) is 14.4. The number of carboxylic acids is 1. The van der Waals surface area contributed by atoms with E-state index in [1.165, 1.54) is 13.3 Å². The summed E-state index contributed by atoms with van der Waals surface area (Å²) in [6.45, 7) is 1.98. The molecule has 1 amide bonds. The first-order valence-electron chi connectivity index (χ1n) is 9.65. The molecule has 0 saturated heterocycles. The molecular weight excluding hydrogens is 380 g/mol. The minimum absolute atomic E-state index is 0.249. The van der Waals surface area contributed by atoms with Crippen molar-refractivity contribution in [1.82, 2.24) is 10.3 Å². The van der Waals surface area contributed by atoms with Gasteiger partial charge in [-0.05, 0) is 29.7 Å². The van der Waals surface area contributed by atoms with E-state index in [-0.39, 0.29) is 18.4 Å². The standard InChI is InChI=1S/C24H22N2O4/c1-15-6-5-9-16(10-15)20-11-19(14-25-22(20)30-2)21(27)26-24(23(28)29)12-17-7-3-4-8-18(17)13-24/h3-11,14H,12-13H2,1-2H3,(H,26,27)(H,28,29). The molecule has 1 heterocycles. The van der Waals surface area contributed by atoms with Crippen LogP contribution in [0.25, 0.3) is 11.1 Å². The van der Waals surface area contributed by atoms with Gasteiger partial charge in [-0.3, -0.25) is 4.79 Å². The number of hydrogen-bond acceptors (Lipinski definition) is 4. The Balaban J connectivity index is 1.67. The first kappa shape index (κ1) is 19.6. The average Bonchev–Trinajstić information content (AvgIpc) is 3.12. The highest BCUT2D eigenvalue weighted by atomic mass is 16.5. The number of amides is 1. The number of methoxy groups -OCH3 is 1. The maximum atomic E-state index is 13.1. The molecule has 6 heteroatoms. The zero-order chi connectivity index (χ0) is 21.3. The molecule has 0 bridgehead atoms. The van der Waals surface area contributed by atoms with Gasteiger partial charge in [-0.2, -0.15) is 0 Å². The molecule has 2 aromatic carbocycles. The number of carbonyl (C=O) groups is 2. The normalized spacial score (nSPS) is 14.1. The molecule has 152 valence electrons. The Labute approximate surface area is 174 Å². The average molecular weight is 402 g/mol. The van der Waals surface area contributed by atoms with Crippen molar-refractivity contribution in [2.75, 3.05) is 7.11 Å². The molecule has 30 heavy (non-hydrogen) atoms. The lowest BCUT2D eigenvalue weighted by Gasteiger charge is -2.25. The Hall–Kier alpha value is -3.67. The maximum absolute atomic E-state index is 13.1. The van der Waals surface area contributed by atoms with Crippen LogP contribution in [0, 0.1) is 6.92 Å². The second-order valence-electron chi connectivity index (χ2n) is 7.61. The largest absolute Gasteiger partial charge is 0.481 e. The molecular formula is C24H22N2O4. The number of nitrogens with zero attached hydrogens (tertiary/aromatic N) is 1. The summed E-state index contributed by atoms with van der Waals surface area (Å²) in [5.41, 5.74) is 3.40. The quantitative estimate of drug-likeness (QED) is 0.683. The molecule has 0 radical (unpaired) electrons. The van der Waals surface area contributed by atoms with Crippen molar-refractivity contribution in [2.45, 2.75) is 25.3 Å². The van der Waals surface area contributed by atoms with Crippen LogP contribution in [0.15, 0.2) is 60.8 Å². The summed E-state index contributed by atoms with van der Waals surface area (Å²) in [4.78, 5) is 29.5. The molecule has 0 unspecified atom stereocenters. The van der Waals surface area contributed by atoms with Gasteiger partial charge in [0.15, 0.2) is 0 Å². The van der Waals surface area contributed by atoms with Crippen LogP contribution in [-0.4, -0.2) is 34.6 Å². The lowest BCUT2D eigenvalue weighted by atomic mass is 9.95. The number of aliphatic carboxylic acids is 1. The van der Waals surface area contributed by atoms with Crippen LogP contribution >= 0.6 is 0 Å². The fourth-order valence-electron chi connectivity index (χ4n) is 3.96. The molecule has 1 aliphatic carbocycles. The van der Waals surface area contributed by atoms with Gasteiger partial charge in [-0.1, -0.05) is 54.1 Å². The number of ether oxygens (including phenoxy) is 1. The molecule has 4 rings (SSSR count). The van der Waals surface area contributed by atoms with Gasteiger partial charge in [0.1, 0.15) is 5.54 Å². The molecule has 1 aromatic heterocycles. The van der Waals surface area contributed by atoms with E-state index in [4.69, 9.17) is 4.74 Å². The van der Waals surface area contributed by atoms with Crippen LogP contribution in [0.3, 0.4) is 0 Å². The van der Waals surface area contributed by atoms with Crippen LogP contribution in [0.1, 0.15) is 27.0 Å². The third kappa shape index (κ3) is 3.52. The van der Waals surface area contributed by atoms with Crippen LogP contribution in [0.2, 0.25) is 0 Å². The fourth-order valence-corrected chi connectivity index (χ4v) is 3.96. The Morgan fingerprint density at radius 2 is 1.77 bits per heavy atom. The second-order valence-corrected chi connectivity index (χ2v) is 7.61. The Morgan fingerprint density at radius 3 is 2.37 bits per heavy atom. The van der Waals surface area contributed by atoms with Gasteiger partial charge in [0.25, 0.3) is 5.91 Å². The molecule has 0 aliphatic heterocycles. The summed E-state index contributed by atoms with van der Waals surface area (Å²) in [6.07, 6.45) is 1.91. The highest BCUT2D eigenvalue weighted by molar-refractivity contribution is 5.99. The number of fused-ring (bicyclic) bond motifs is 1. The number of carbonyl (C=O) groups excluding carboxylic acids is 1. The molecule has 0 spiro atoms. The fraction of sp³-hybridized carbons (Fsp3) is 0.208. The SMILES string of the molecule is COc1ncc(C(=O)NC2(C(=O)O)Cc3ccccc3C2)cc1-c1cccc(C)c1. The first-order valence-corrected chi connectivity index (χ1v) is 9.65. The zero-order valence-electron chi connectivity index (χ0n) is 16.8. The van der Waals surface area contributed by atoms with Gasteiger partial charge in [0, 0.05) is 24.6 Å². The number of nitrogens with one attached hydrogen (secondary N) is 1. The molecule has 3 aromatic rings. The molecule has 0 saturated carbocycles. The minimum Gasteiger partial charge on any atom is -0.481 e. The Morgan fingerprint density at radius 1 is 1.07 bits per heavy atom. The van der Waals surface area contributed by atoms with Gasteiger partial charge >= 0.3 is 5.97 Å². The van der Waals surface area contributed by atoms with Gasteiger partial charge < -0.3 is 15.2 Å². The van der Waals surface area contributed by atoms with E-state index in [0.717, 1.165) is 22.3 Å². The predicted molar refractivity (Wildman–Crippen MR) is 113 cm³/mol. The number of pyridine rings is 1. The van der Waals surface area contributed by atoms with Crippen molar-refractivity contribution in [3.05, 3.63) is 83.0 Å². The Kier molecular flexibility index (Phi) is 4.99. The summed E-state index contributed by atoms with van der Waals surface area (Å²) in [6, 6.07) is 17.0. The smallest absolute Gasteiger partial charge is 0.330 e. The van der Waals surface area contributed by atoms with Gasteiger partial charge in [-0.15, -0.1) is 0 Å². The van der Waals surface area contributed by atoms with Crippen molar-refractivity contribution in [1.29, 1.82) is 0 Å². The third-order valence-electron chi connectivity index (χ3n) is 5.50. The Bertz CT molecular complexity index is 1110. The summed E-state index contributed by atoms with van der Waals surface area (Å²) in [5.74, 6) is -1.12. The van der Waals surface area contributed by atoms with Crippen molar-refractivity contribution >= 4 is 11.9 Å². The molecule has 1 aliphatic rings. The van der Waals surface area contributed by atoms with Crippen molar-refractivity contribution in [3.8, 4) is 17.0 Å². The highest BCUT2D eigenvalue weighted by Crippen LogP contribution is 2.32. The van der Waals surface area contributed by atoms with Gasteiger partial charge in [-0.25, -0.2) is 9.78 Å². The summed E-state index contributed by atoms with van der Waals surface area (Å²) in [7, 11) is 1.52. The van der Waals surface area contributed by atoms with Crippen LogP contribution < -0.4 is 10.1 Å². The zero-order valence-corrected chi connectivity index (χ0v) is 16.8. The van der Waals surface area contributed by atoms with Crippen LogP contribution in [-0.2, 0) is 17.6 Å². The number of carboxylic acid groups (broad SMARTS) is 1. The monoisotopic (exact) mass is 402 g/mol. The van der Waals surface area contributed by atoms with Gasteiger partial charge in [0.05, 0.1) is 12.7 Å². The summed E-state index contributed by atoms with van der Waals surface area (Å²) < 4.78 is 5.37. The molecule has 6 nitrogen and oxygen atoms in total. The number of benzene rings is 2. The number of rotatable bonds is 5. The number of hydrogen-bond donors (Lipinski definition) is 2.